The van der Waals surface area contributed by atoms with Gasteiger partial charge < -0.3 is 0 Å². The largest absolute Gasteiger partial charge is 0.166 e. The third-order valence-electron chi connectivity index (χ3n) is 0. The quantitative estimate of drug-likeness (QED) is 0.583. The van der Waals surface area contributed by atoms with Crippen molar-refractivity contribution in [2.45, 2.75) is 0 Å². The average Bonchev–Trinajstić information content (AvgIpc) is 0.918. The standard InChI is InChI=1S/Cl2O.Ru.W/c1-3-2;;. The van der Waals surface area contributed by atoms with E-state index in [0.717, 1.165) is 0 Å². The van der Waals surface area contributed by atoms with E-state index in [1.165, 1.54) is 0 Å². The average molecular weight is 372 g/mol. The van der Waals surface area contributed by atoms with Gasteiger partial charge in [-0.1, -0.05) is 0 Å². The van der Waals surface area contributed by atoms with Gasteiger partial charge >= 0.3 is 0 Å². The molecule has 0 heterocycles. The van der Waals surface area contributed by atoms with Crippen LogP contribution in [0.5, 0.6) is 0 Å². The summed E-state index contributed by atoms with van der Waals surface area (Å²) in [6.07, 6.45) is 0. The van der Waals surface area contributed by atoms with Gasteiger partial charge in [-0.15, -0.1) is 0 Å². The summed E-state index contributed by atoms with van der Waals surface area (Å²) >= 11 is 8.53. The van der Waals surface area contributed by atoms with Crippen molar-refractivity contribution in [2.24, 2.45) is 0 Å². The van der Waals surface area contributed by atoms with E-state index in [9.17, 15) is 0 Å². The molecule has 0 aliphatic carbocycles. The van der Waals surface area contributed by atoms with Crippen molar-refractivity contribution < 1.29 is 44.4 Å². The van der Waals surface area contributed by atoms with Crippen LogP contribution >= 0.6 is 23.7 Å². The first kappa shape index (κ1) is 15.8. The first-order valence-corrected chi connectivity index (χ1v) is 0.926. The third kappa shape index (κ3) is 25.3. The fourth-order valence-electron chi connectivity index (χ4n) is 0. The molecule has 0 amide bonds. The normalized spacial score (nSPS) is 3.60. The van der Waals surface area contributed by atoms with Gasteiger partial charge in [-0.05, 0) is 0 Å². The van der Waals surface area contributed by atoms with Gasteiger partial charge in [0.25, 0.3) is 0 Å². The van der Waals surface area contributed by atoms with Crippen molar-refractivity contribution in [1.29, 1.82) is 0 Å². The van der Waals surface area contributed by atoms with Crippen LogP contribution in [0.2, 0.25) is 0 Å². The molecule has 1 nitrogen and oxygen atoms in total. The summed E-state index contributed by atoms with van der Waals surface area (Å²) in [6.45, 7) is 0. The molecule has 0 N–H and O–H groups in total. The van der Waals surface area contributed by atoms with Gasteiger partial charge in [0.1, 0.15) is 0 Å². The summed E-state index contributed by atoms with van der Waals surface area (Å²) in [5.74, 6) is 0. The Morgan fingerprint density at radius 2 is 1.20 bits per heavy atom. The fraction of sp³-hybridized carbons (Fsp3) is 0. The predicted octanol–water partition coefficient (Wildman–Crippen LogP) is 1.31. The molecule has 0 saturated heterocycles. The first-order valence-electron chi connectivity index (χ1n) is 0.309. The maximum atomic E-state index is 4.26. The zero-order chi connectivity index (χ0) is 2.71. The number of hydrogen-bond donors (Lipinski definition) is 0. The zero-order valence-electron chi connectivity index (χ0n) is 1.93. The van der Waals surface area contributed by atoms with Crippen LogP contribution in [0.15, 0.2) is 0 Å². The Kier molecular flexibility index (Phi) is 53.6. The van der Waals surface area contributed by atoms with Gasteiger partial charge in [-0.3, -0.25) is 0 Å². The minimum absolute atomic E-state index is 0. The van der Waals surface area contributed by atoms with Crippen LogP contribution in [0.4, 0.5) is 0 Å². The van der Waals surface area contributed by atoms with Gasteiger partial charge in [-0.2, -0.15) is 3.84 Å². The SMILES string of the molecule is ClOCl.[Ru].[W]. The van der Waals surface area contributed by atoms with Gasteiger partial charge in [-0.25, -0.2) is 0 Å². The Morgan fingerprint density at radius 3 is 1.20 bits per heavy atom. The molecule has 0 aromatic heterocycles. The van der Waals surface area contributed by atoms with Crippen LogP contribution in [-0.2, 0) is 44.4 Å². The molecule has 0 bridgehead atoms. The summed E-state index contributed by atoms with van der Waals surface area (Å²) in [5, 5.41) is 0. The smallest absolute Gasteiger partial charge is 0.0832 e. The van der Waals surface area contributed by atoms with E-state index in [2.05, 4.69) is 27.6 Å². The molecule has 0 spiro atoms. The molecular weight excluding hydrogens is 372 g/mol. The molecule has 0 atom stereocenters. The second-order valence-corrected chi connectivity index (χ2v) is 0.525. The second kappa shape index (κ2) is 16.9. The maximum Gasteiger partial charge on any atom is 0.0832 e. The van der Waals surface area contributed by atoms with Crippen LogP contribution in [0, 0.1) is 0 Å². The summed E-state index contributed by atoms with van der Waals surface area (Å²) in [5.41, 5.74) is 0. The molecule has 0 saturated carbocycles. The number of halogens is 2. The first-order chi connectivity index (χ1) is 1.41. The van der Waals surface area contributed by atoms with E-state index < -0.39 is 0 Å². The molecule has 0 fully saturated rings. The minimum Gasteiger partial charge on any atom is -0.166 e. The number of hydrogen-bond acceptors (Lipinski definition) is 1. The van der Waals surface area contributed by atoms with E-state index in [1.807, 2.05) is 0 Å². The topological polar surface area (TPSA) is 9.23 Å². The molecule has 0 rings (SSSR count). The van der Waals surface area contributed by atoms with E-state index in [-0.39, 0.29) is 40.5 Å². The summed E-state index contributed by atoms with van der Waals surface area (Å²) in [7, 11) is 0. The summed E-state index contributed by atoms with van der Waals surface area (Å²) < 4.78 is 3.19. The monoisotopic (exact) mass is 372 g/mol. The Hall–Kier alpha value is 1.85. The Balaban J connectivity index is -0.0000000200. The van der Waals surface area contributed by atoms with Crippen LogP contribution < -0.4 is 0 Å². The van der Waals surface area contributed by atoms with Gasteiger partial charge in [0.2, 0.25) is 0 Å². The van der Waals surface area contributed by atoms with E-state index in [4.69, 9.17) is 0 Å². The molecular formula is Cl2ORuW. The van der Waals surface area contributed by atoms with Gasteiger partial charge in [0.05, 0.1) is 23.7 Å². The third-order valence-corrected chi connectivity index (χ3v) is 0. The van der Waals surface area contributed by atoms with E-state index >= 15 is 0 Å². The summed E-state index contributed by atoms with van der Waals surface area (Å²) in [6, 6.07) is 0. The second-order valence-electron chi connectivity index (χ2n) is 0.0583. The fourth-order valence-corrected chi connectivity index (χ4v) is 0. The zero-order valence-corrected chi connectivity index (χ0v) is 8.11. The van der Waals surface area contributed by atoms with Crippen molar-refractivity contribution in [1.82, 2.24) is 0 Å². The Bertz CT molecular complexity index is 9.61. The van der Waals surface area contributed by atoms with Gasteiger partial charge in [0.15, 0.2) is 0 Å². The maximum absolute atomic E-state index is 4.26. The molecule has 0 aromatic carbocycles. The van der Waals surface area contributed by atoms with E-state index in [1.54, 1.807) is 0 Å². The Morgan fingerprint density at radius 1 is 1.20 bits per heavy atom. The van der Waals surface area contributed by atoms with Crippen molar-refractivity contribution >= 4 is 23.7 Å². The molecule has 0 aromatic rings. The van der Waals surface area contributed by atoms with Crippen LogP contribution in [0.25, 0.3) is 0 Å². The molecule has 5 heteroatoms. The minimum atomic E-state index is 0. The molecule has 0 aliphatic heterocycles. The van der Waals surface area contributed by atoms with Crippen molar-refractivity contribution in [3.63, 3.8) is 0 Å². The van der Waals surface area contributed by atoms with Crippen LogP contribution in [0.3, 0.4) is 0 Å². The molecule has 5 heavy (non-hydrogen) atoms. The molecule has 0 aliphatic rings. The Labute approximate surface area is 67.7 Å². The van der Waals surface area contributed by atoms with Crippen molar-refractivity contribution in [3.8, 4) is 0 Å². The van der Waals surface area contributed by atoms with Crippen molar-refractivity contribution in [3.05, 3.63) is 0 Å². The predicted molar refractivity (Wildman–Crippen MR) is 12.8 cm³/mol. The van der Waals surface area contributed by atoms with Crippen LogP contribution in [0.1, 0.15) is 0 Å². The van der Waals surface area contributed by atoms with Crippen LogP contribution in [-0.4, -0.2) is 0 Å². The number of rotatable bonds is 0. The molecule has 34 valence electrons. The molecule has 0 unspecified atom stereocenters. The molecule has 0 radical (unpaired) electrons. The summed E-state index contributed by atoms with van der Waals surface area (Å²) in [4.78, 5) is 0. The van der Waals surface area contributed by atoms with E-state index in [0.29, 0.717) is 0 Å². The van der Waals surface area contributed by atoms with Gasteiger partial charge in [0, 0.05) is 40.5 Å². The van der Waals surface area contributed by atoms with Crippen molar-refractivity contribution in [2.75, 3.05) is 0 Å².